The molecule has 0 heterocycles. The molecule has 0 aliphatic heterocycles. The Kier molecular flexibility index (Phi) is 5.96. The van der Waals surface area contributed by atoms with Gasteiger partial charge in [-0.15, -0.1) is 23.4 Å². The summed E-state index contributed by atoms with van der Waals surface area (Å²) in [4.78, 5) is 1.29. The molecule has 0 unspecified atom stereocenters. The van der Waals surface area contributed by atoms with Gasteiger partial charge in [0.15, 0.2) is 0 Å². The number of alkyl halides is 1. The van der Waals surface area contributed by atoms with E-state index in [0.29, 0.717) is 17.7 Å². The molecule has 0 spiro atoms. The third kappa shape index (κ3) is 5.33. The van der Waals surface area contributed by atoms with E-state index in [1.54, 1.807) is 0 Å². The van der Waals surface area contributed by atoms with Gasteiger partial charge in [0.2, 0.25) is 0 Å². The lowest BCUT2D eigenvalue weighted by Gasteiger charge is -2.07. The van der Waals surface area contributed by atoms with Crippen LogP contribution in [0.3, 0.4) is 0 Å². The summed E-state index contributed by atoms with van der Waals surface area (Å²) < 4.78 is 5.51. The zero-order valence-electron chi connectivity index (χ0n) is 9.20. The van der Waals surface area contributed by atoms with Crippen molar-refractivity contribution in [1.29, 1.82) is 0 Å². The van der Waals surface area contributed by atoms with E-state index in [0.717, 1.165) is 12.2 Å². The molecule has 15 heavy (non-hydrogen) atoms. The van der Waals surface area contributed by atoms with Gasteiger partial charge >= 0.3 is 0 Å². The van der Waals surface area contributed by atoms with Crippen molar-refractivity contribution >= 4 is 23.4 Å². The first-order chi connectivity index (χ1) is 7.22. The molecule has 0 bridgehead atoms. The molecule has 0 aliphatic rings. The number of thioether (sulfide) groups is 1. The van der Waals surface area contributed by atoms with Gasteiger partial charge in [0.1, 0.15) is 5.75 Å². The summed E-state index contributed by atoms with van der Waals surface area (Å²) in [7, 11) is 0. The van der Waals surface area contributed by atoms with Crippen LogP contribution in [0.5, 0.6) is 5.75 Å². The molecule has 0 atom stereocenters. The summed E-state index contributed by atoms with van der Waals surface area (Å²) in [5.74, 6) is 1.58. The maximum atomic E-state index is 5.57. The second kappa shape index (κ2) is 7.02. The van der Waals surface area contributed by atoms with Gasteiger partial charge in [-0.2, -0.15) is 0 Å². The van der Waals surface area contributed by atoms with Gasteiger partial charge in [-0.1, -0.05) is 13.8 Å². The zero-order valence-corrected chi connectivity index (χ0v) is 10.8. The van der Waals surface area contributed by atoms with Crippen LogP contribution in [0.2, 0.25) is 0 Å². The Hall–Kier alpha value is -0.340. The maximum Gasteiger partial charge on any atom is 0.119 e. The molecule has 1 nitrogen and oxygen atoms in total. The minimum absolute atomic E-state index is 0.619. The lowest BCUT2D eigenvalue weighted by Crippen LogP contribution is -1.97. The van der Waals surface area contributed by atoms with Crippen LogP contribution in [0, 0.1) is 0 Å². The molecule has 0 N–H and O–H groups in total. The predicted molar refractivity (Wildman–Crippen MR) is 68.3 cm³/mol. The number of hydrogen-bond acceptors (Lipinski definition) is 2. The summed E-state index contributed by atoms with van der Waals surface area (Å²) >= 11 is 7.43. The number of benzene rings is 1. The zero-order chi connectivity index (χ0) is 11.1. The van der Waals surface area contributed by atoms with E-state index >= 15 is 0 Å². The molecule has 84 valence electrons. The van der Waals surface area contributed by atoms with Crippen molar-refractivity contribution in [2.24, 2.45) is 0 Å². The average molecular weight is 245 g/mol. The normalized spacial score (nSPS) is 10.7. The molecule has 0 aromatic heterocycles. The molecular weight excluding hydrogens is 228 g/mol. The van der Waals surface area contributed by atoms with Crippen molar-refractivity contribution in [1.82, 2.24) is 0 Å². The Morgan fingerprint density at radius 2 is 1.93 bits per heavy atom. The van der Waals surface area contributed by atoms with E-state index in [4.69, 9.17) is 16.3 Å². The van der Waals surface area contributed by atoms with Gasteiger partial charge in [-0.05, 0) is 30.7 Å². The highest BCUT2D eigenvalue weighted by Gasteiger charge is 1.98. The Labute approximate surface area is 101 Å². The molecular formula is C12H17ClOS. The van der Waals surface area contributed by atoms with Gasteiger partial charge in [-0.25, -0.2) is 0 Å². The number of rotatable bonds is 6. The molecule has 0 radical (unpaired) electrons. The second-order valence-corrected chi connectivity index (χ2v) is 5.56. The fourth-order valence-corrected chi connectivity index (χ4v) is 2.08. The lowest BCUT2D eigenvalue weighted by atomic mass is 10.3. The fraction of sp³-hybridized carbons (Fsp3) is 0.500. The first kappa shape index (κ1) is 12.7. The van der Waals surface area contributed by atoms with Crippen LogP contribution in [0.25, 0.3) is 0 Å². The minimum atomic E-state index is 0.619. The maximum absolute atomic E-state index is 5.57. The second-order valence-electron chi connectivity index (χ2n) is 3.53. The van der Waals surface area contributed by atoms with E-state index in [1.165, 1.54) is 4.90 Å². The summed E-state index contributed by atoms with van der Waals surface area (Å²) in [6.07, 6.45) is 0.893. The third-order valence-electron chi connectivity index (χ3n) is 1.74. The first-order valence-corrected chi connectivity index (χ1v) is 6.59. The standard InChI is InChI=1S/C12H17ClOS/c1-10(2)15-12-6-4-11(5-7-12)14-9-3-8-13/h4-7,10H,3,8-9H2,1-2H3. The van der Waals surface area contributed by atoms with Gasteiger partial charge in [0.05, 0.1) is 6.61 Å². The van der Waals surface area contributed by atoms with Crippen LogP contribution >= 0.6 is 23.4 Å². The minimum Gasteiger partial charge on any atom is -0.494 e. The number of halogens is 1. The Balaban J connectivity index is 2.42. The first-order valence-electron chi connectivity index (χ1n) is 5.18. The smallest absolute Gasteiger partial charge is 0.119 e. The average Bonchev–Trinajstić information content (AvgIpc) is 2.20. The Morgan fingerprint density at radius 1 is 1.27 bits per heavy atom. The highest BCUT2D eigenvalue weighted by molar-refractivity contribution is 7.99. The largest absolute Gasteiger partial charge is 0.494 e. The van der Waals surface area contributed by atoms with Crippen molar-refractivity contribution in [2.45, 2.75) is 30.4 Å². The third-order valence-corrected chi connectivity index (χ3v) is 3.03. The van der Waals surface area contributed by atoms with E-state index in [9.17, 15) is 0 Å². The summed E-state index contributed by atoms with van der Waals surface area (Å²) in [6.45, 7) is 5.07. The van der Waals surface area contributed by atoms with Crippen molar-refractivity contribution < 1.29 is 4.74 Å². The molecule has 0 fully saturated rings. The van der Waals surface area contributed by atoms with Crippen LogP contribution < -0.4 is 4.74 Å². The topological polar surface area (TPSA) is 9.23 Å². The predicted octanol–water partition coefficient (Wildman–Crippen LogP) is 4.19. The van der Waals surface area contributed by atoms with E-state index in [-0.39, 0.29) is 0 Å². The van der Waals surface area contributed by atoms with E-state index < -0.39 is 0 Å². The Morgan fingerprint density at radius 3 is 2.47 bits per heavy atom. The van der Waals surface area contributed by atoms with Crippen molar-refractivity contribution in [3.8, 4) is 5.75 Å². The molecule has 1 aromatic rings. The van der Waals surface area contributed by atoms with Crippen LogP contribution in [0.1, 0.15) is 20.3 Å². The van der Waals surface area contributed by atoms with Crippen LogP contribution in [0.15, 0.2) is 29.2 Å². The van der Waals surface area contributed by atoms with Crippen molar-refractivity contribution in [2.75, 3.05) is 12.5 Å². The van der Waals surface area contributed by atoms with Crippen LogP contribution in [-0.4, -0.2) is 17.7 Å². The molecule has 0 aliphatic carbocycles. The number of ether oxygens (including phenoxy) is 1. The van der Waals surface area contributed by atoms with Gasteiger partial charge < -0.3 is 4.74 Å². The van der Waals surface area contributed by atoms with E-state index in [2.05, 4.69) is 26.0 Å². The highest BCUT2D eigenvalue weighted by atomic mass is 35.5. The SMILES string of the molecule is CC(C)Sc1ccc(OCCCCl)cc1. The fourth-order valence-electron chi connectivity index (χ4n) is 1.13. The van der Waals surface area contributed by atoms with Crippen molar-refractivity contribution in [3.05, 3.63) is 24.3 Å². The van der Waals surface area contributed by atoms with Gasteiger partial charge in [0.25, 0.3) is 0 Å². The van der Waals surface area contributed by atoms with E-state index in [1.807, 2.05) is 23.9 Å². The summed E-state index contributed by atoms with van der Waals surface area (Å²) in [5, 5.41) is 0.619. The summed E-state index contributed by atoms with van der Waals surface area (Å²) in [5.41, 5.74) is 0. The van der Waals surface area contributed by atoms with Gasteiger partial charge in [0, 0.05) is 16.0 Å². The van der Waals surface area contributed by atoms with Crippen LogP contribution in [-0.2, 0) is 0 Å². The van der Waals surface area contributed by atoms with Crippen LogP contribution in [0.4, 0.5) is 0 Å². The quantitative estimate of drug-likeness (QED) is 0.422. The molecule has 0 amide bonds. The molecule has 3 heteroatoms. The Bertz CT molecular complexity index is 271. The molecule has 0 saturated heterocycles. The summed E-state index contributed by atoms with van der Waals surface area (Å²) in [6, 6.07) is 8.22. The molecule has 1 aromatic carbocycles. The van der Waals surface area contributed by atoms with Gasteiger partial charge in [-0.3, -0.25) is 0 Å². The monoisotopic (exact) mass is 244 g/mol. The number of hydrogen-bond donors (Lipinski definition) is 0. The highest BCUT2D eigenvalue weighted by Crippen LogP contribution is 2.24. The van der Waals surface area contributed by atoms with Crippen molar-refractivity contribution in [3.63, 3.8) is 0 Å². The lowest BCUT2D eigenvalue weighted by molar-refractivity contribution is 0.318. The molecule has 1 rings (SSSR count). The molecule has 0 saturated carbocycles.